The molecule has 0 fully saturated rings. The van der Waals surface area contributed by atoms with Crippen molar-refractivity contribution in [2.75, 3.05) is 11.9 Å². The van der Waals surface area contributed by atoms with E-state index in [1.54, 1.807) is 0 Å². The van der Waals surface area contributed by atoms with E-state index in [0.29, 0.717) is 0 Å². The number of aromatic nitrogens is 2. The first-order valence-corrected chi connectivity index (χ1v) is 11.6. The molecule has 0 saturated heterocycles. The molecule has 4 N–H and O–H groups in total. The summed E-state index contributed by atoms with van der Waals surface area (Å²) in [5.74, 6) is 0.178. The summed E-state index contributed by atoms with van der Waals surface area (Å²) < 4.78 is 23.8. The van der Waals surface area contributed by atoms with Gasteiger partial charge in [0.25, 0.3) is 0 Å². The van der Waals surface area contributed by atoms with E-state index in [1.807, 2.05) is 0 Å². The van der Waals surface area contributed by atoms with Crippen molar-refractivity contribution in [3.05, 3.63) is 46.4 Å². The van der Waals surface area contributed by atoms with Crippen LogP contribution in [0.1, 0.15) is 35.1 Å². The lowest BCUT2D eigenvalue weighted by atomic mass is 9.99. The highest BCUT2D eigenvalue weighted by Crippen LogP contribution is 2.38. The molecule has 2 heterocycles. The average molecular weight is 430 g/mol. The van der Waals surface area contributed by atoms with Crippen LogP contribution in [0.4, 0.5) is 10.5 Å². The van der Waals surface area contributed by atoms with Gasteiger partial charge in [0.1, 0.15) is 17.3 Å². The number of amides is 2. The smallest absolute Gasteiger partial charge is 0.354 e. The summed E-state index contributed by atoms with van der Waals surface area (Å²) in [5, 5.41) is 22.6. The first-order chi connectivity index (χ1) is 14.4. The standard InChI is InChI=1S/C20H23N5O4S/c21-30(28,17-10-22-25-8-7-14(26)11-29-19(17)25)24-20(27)23-18-15-5-1-3-12(15)9-13-4-2-6-16(13)18/h7,9-10,26H,1-6,8,11H2,(H3,21,23,24,27,28). The van der Waals surface area contributed by atoms with E-state index in [4.69, 9.17) is 9.88 Å². The average Bonchev–Trinajstić information content (AvgIpc) is 3.41. The number of carbonyl (C=O) groups excluding carboxylic acids is 1. The first-order valence-electron chi connectivity index (χ1n) is 10.0. The molecule has 2 aliphatic carbocycles. The quantitative estimate of drug-likeness (QED) is 0.675. The zero-order chi connectivity index (χ0) is 20.9. The monoisotopic (exact) mass is 429 g/mol. The lowest BCUT2D eigenvalue weighted by molar-refractivity contribution is 0.257. The number of rotatable bonds is 2. The van der Waals surface area contributed by atoms with E-state index in [0.717, 1.165) is 55.3 Å². The molecule has 1 aromatic heterocycles. The molecular weight excluding hydrogens is 406 g/mol. The Bertz CT molecular complexity index is 1170. The Morgan fingerprint density at radius 3 is 2.63 bits per heavy atom. The molecule has 1 aromatic carbocycles. The van der Waals surface area contributed by atoms with Crippen molar-refractivity contribution in [3.63, 3.8) is 0 Å². The molecule has 0 spiro atoms. The van der Waals surface area contributed by atoms with Gasteiger partial charge in [-0.25, -0.2) is 18.8 Å². The van der Waals surface area contributed by atoms with Crippen LogP contribution in [-0.4, -0.2) is 31.7 Å². The Labute approximate surface area is 174 Å². The Morgan fingerprint density at radius 2 is 1.93 bits per heavy atom. The minimum absolute atomic E-state index is 0.0317. The lowest BCUT2D eigenvalue weighted by Gasteiger charge is -2.15. The fourth-order valence-corrected chi connectivity index (χ4v) is 5.50. The predicted molar refractivity (Wildman–Crippen MR) is 111 cm³/mol. The molecule has 5 rings (SSSR count). The Hall–Kier alpha value is -2.85. The van der Waals surface area contributed by atoms with Gasteiger partial charge in [-0.15, -0.1) is 4.36 Å². The summed E-state index contributed by atoms with van der Waals surface area (Å²) in [7, 11) is -3.59. The summed E-state index contributed by atoms with van der Waals surface area (Å²) in [5.41, 5.74) is 5.70. The topological polar surface area (TPSA) is 132 Å². The number of anilines is 1. The van der Waals surface area contributed by atoms with Crippen LogP contribution in [0.3, 0.4) is 0 Å². The number of fused-ring (bicyclic) bond motifs is 3. The van der Waals surface area contributed by atoms with Crippen LogP contribution in [0, 0.1) is 0 Å². The highest BCUT2D eigenvalue weighted by Gasteiger charge is 2.27. The van der Waals surface area contributed by atoms with Crippen LogP contribution in [-0.2, 0) is 42.1 Å². The maximum Gasteiger partial charge on any atom is 0.354 e. The van der Waals surface area contributed by atoms with E-state index in [2.05, 4.69) is 20.8 Å². The summed E-state index contributed by atoms with van der Waals surface area (Å²) in [6.07, 6.45) is 8.80. The zero-order valence-corrected chi connectivity index (χ0v) is 17.2. The van der Waals surface area contributed by atoms with Crippen molar-refractivity contribution in [3.8, 4) is 5.88 Å². The summed E-state index contributed by atoms with van der Waals surface area (Å²) in [4.78, 5) is 12.8. The van der Waals surface area contributed by atoms with Crippen LogP contribution in [0.15, 0.2) is 33.4 Å². The molecule has 2 aromatic rings. The van der Waals surface area contributed by atoms with E-state index in [-0.39, 0.29) is 29.7 Å². The number of aryl methyl sites for hydroxylation is 2. The molecule has 9 nitrogen and oxygen atoms in total. The summed E-state index contributed by atoms with van der Waals surface area (Å²) in [6.45, 7) is 0.147. The number of hydrogen-bond acceptors (Lipinski definition) is 5. The number of aliphatic hydroxyl groups excluding tert-OH is 1. The fraction of sp³-hybridized carbons (Fsp3) is 0.400. The minimum Gasteiger partial charge on any atom is -0.509 e. The molecule has 1 aliphatic heterocycles. The van der Waals surface area contributed by atoms with Gasteiger partial charge < -0.3 is 15.2 Å². The zero-order valence-electron chi connectivity index (χ0n) is 16.4. The molecule has 1 unspecified atom stereocenters. The van der Waals surface area contributed by atoms with Crippen molar-refractivity contribution >= 4 is 21.6 Å². The van der Waals surface area contributed by atoms with Crippen LogP contribution in [0.5, 0.6) is 5.88 Å². The predicted octanol–water partition coefficient (Wildman–Crippen LogP) is 2.63. The third kappa shape index (κ3) is 3.25. The number of aliphatic hydroxyl groups is 1. The van der Waals surface area contributed by atoms with Crippen molar-refractivity contribution in [1.29, 1.82) is 0 Å². The van der Waals surface area contributed by atoms with Gasteiger partial charge in [-0.3, -0.25) is 0 Å². The van der Waals surface area contributed by atoms with Gasteiger partial charge in [0, 0.05) is 5.69 Å². The van der Waals surface area contributed by atoms with Gasteiger partial charge in [-0.2, -0.15) is 5.10 Å². The maximum atomic E-state index is 13.1. The van der Waals surface area contributed by atoms with E-state index >= 15 is 0 Å². The SMILES string of the molecule is NS(=O)(=NC(=O)Nc1c2c(cc3c1CCC3)CCC2)c1cnn2c1OCC(O)=CC2. The number of urea groups is 1. The molecule has 30 heavy (non-hydrogen) atoms. The molecule has 2 amide bonds. The van der Waals surface area contributed by atoms with Gasteiger partial charge in [0.05, 0.1) is 12.7 Å². The number of nitrogens with two attached hydrogens (primary N) is 1. The lowest BCUT2D eigenvalue weighted by Crippen LogP contribution is -2.19. The molecule has 158 valence electrons. The number of nitrogens with zero attached hydrogens (tertiary/aromatic N) is 3. The Morgan fingerprint density at radius 1 is 1.23 bits per heavy atom. The molecular formula is C20H23N5O4S. The van der Waals surface area contributed by atoms with E-state index < -0.39 is 15.9 Å². The van der Waals surface area contributed by atoms with Crippen LogP contribution in [0.25, 0.3) is 0 Å². The van der Waals surface area contributed by atoms with Crippen LogP contribution in [0.2, 0.25) is 0 Å². The molecule has 0 saturated carbocycles. The minimum atomic E-state index is -3.59. The second kappa shape index (κ2) is 7.13. The third-order valence-corrected chi connectivity index (χ3v) is 7.20. The van der Waals surface area contributed by atoms with E-state index in [9.17, 15) is 14.1 Å². The number of carbonyl (C=O) groups is 1. The first kappa shape index (κ1) is 19.1. The van der Waals surface area contributed by atoms with Crippen LogP contribution < -0.4 is 15.2 Å². The molecule has 1 atom stereocenters. The molecule has 0 radical (unpaired) electrons. The van der Waals surface area contributed by atoms with Crippen molar-refractivity contribution in [2.24, 2.45) is 9.50 Å². The van der Waals surface area contributed by atoms with Gasteiger partial charge in [0.15, 0.2) is 9.92 Å². The van der Waals surface area contributed by atoms with Crippen molar-refractivity contribution < 1.29 is 18.8 Å². The van der Waals surface area contributed by atoms with Gasteiger partial charge >= 0.3 is 6.03 Å². The molecule has 10 heteroatoms. The van der Waals surface area contributed by atoms with Gasteiger partial charge in [-0.05, 0) is 66.9 Å². The van der Waals surface area contributed by atoms with Gasteiger partial charge in [0.2, 0.25) is 5.88 Å². The third-order valence-electron chi connectivity index (χ3n) is 5.85. The highest BCUT2D eigenvalue weighted by molar-refractivity contribution is 7.91. The fourth-order valence-electron chi connectivity index (χ4n) is 4.50. The van der Waals surface area contributed by atoms with Crippen molar-refractivity contribution in [1.82, 2.24) is 9.78 Å². The molecule has 3 aliphatic rings. The highest BCUT2D eigenvalue weighted by atomic mass is 32.2. The number of benzene rings is 1. The number of hydrogen-bond donors (Lipinski definition) is 3. The Balaban J connectivity index is 1.47. The van der Waals surface area contributed by atoms with E-state index in [1.165, 1.54) is 28.1 Å². The van der Waals surface area contributed by atoms with Crippen LogP contribution >= 0.6 is 0 Å². The number of allylic oxidation sites excluding steroid dienone is 1. The second-order valence-corrected chi connectivity index (χ2v) is 9.56. The summed E-state index contributed by atoms with van der Waals surface area (Å²) >= 11 is 0. The normalized spacial score (nSPS) is 18.9. The number of ether oxygens (including phenoxy) is 1. The van der Waals surface area contributed by atoms with Crippen molar-refractivity contribution in [2.45, 2.75) is 50.0 Å². The Kier molecular flexibility index (Phi) is 4.55. The maximum absolute atomic E-state index is 13.1. The summed E-state index contributed by atoms with van der Waals surface area (Å²) in [6, 6.07) is 1.53. The molecule has 0 bridgehead atoms. The largest absolute Gasteiger partial charge is 0.509 e. The number of nitrogens with one attached hydrogen (secondary N) is 1. The van der Waals surface area contributed by atoms with Gasteiger partial charge in [-0.1, -0.05) is 6.07 Å². The second-order valence-electron chi connectivity index (χ2n) is 7.80.